The lowest BCUT2D eigenvalue weighted by molar-refractivity contribution is 0.0496. The molecule has 0 saturated carbocycles. The maximum atomic E-state index is 16.2. The van der Waals surface area contributed by atoms with Gasteiger partial charge >= 0.3 is 0 Å². The third-order valence-corrected chi connectivity index (χ3v) is 9.80. The summed E-state index contributed by atoms with van der Waals surface area (Å²) in [6.07, 6.45) is 0. The normalized spacial score (nSPS) is 12.8. The molecular weight excluding hydrogens is 617 g/mol. The molecule has 0 fully saturated rings. The lowest BCUT2D eigenvalue weighted by Gasteiger charge is -2.26. The summed E-state index contributed by atoms with van der Waals surface area (Å²) in [4.78, 5) is 2.24. The molecule has 3 heteroatoms. The van der Waals surface area contributed by atoms with Gasteiger partial charge in [-0.2, -0.15) is 8.78 Å². The molecule has 8 aromatic carbocycles. The molecule has 50 heavy (non-hydrogen) atoms. The Bertz CT molecular complexity index is 2390. The average Bonchev–Trinajstić information content (AvgIpc) is 3.43. The minimum atomic E-state index is -3.09. The van der Waals surface area contributed by atoms with E-state index < -0.39 is 5.92 Å². The molecule has 1 aliphatic carbocycles. The number of hydrogen-bond donors (Lipinski definition) is 0. The highest BCUT2D eigenvalue weighted by atomic mass is 19.3. The van der Waals surface area contributed by atoms with E-state index in [0.717, 1.165) is 55.8 Å². The second kappa shape index (κ2) is 12.0. The highest BCUT2D eigenvalue weighted by molar-refractivity contribution is 6.04. The molecular formula is C47H31F2N. The number of anilines is 3. The van der Waals surface area contributed by atoms with Crippen molar-refractivity contribution in [2.45, 2.75) is 5.92 Å². The van der Waals surface area contributed by atoms with Crippen LogP contribution < -0.4 is 4.90 Å². The minimum Gasteiger partial charge on any atom is -0.311 e. The summed E-state index contributed by atoms with van der Waals surface area (Å²) in [5.41, 5.74) is 10.7. The molecule has 0 heterocycles. The van der Waals surface area contributed by atoms with E-state index in [1.165, 1.54) is 0 Å². The van der Waals surface area contributed by atoms with Crippen LogP contribution in [0.1, 0.15) is 11.1 Å². The van der Waals surface area contributed by atoms with Crippen molar-refractivity contribution in [3.8, 4) is 44.5 Å². The Morgan fingerprint density at radius 3 is 1.38 bits per heavy atom. The molecule has 1 nitrogen and oxygen atoms in total. The zero-order valence-electron chi connectivity index (χ0n) is 27.1. The predicted octanol–water partition coefficient (Wildman–Crippen LogP) is 13.4. The van der Waals surface area contributed by atoms with Gasteiger partial charge in [-0.25, -0.2) is 0 Å². The van der Waals surface area contributed by atoms with Crippen molar-refractivity contribution in [3.63, 3.8) is 0 Å². The third kappa shape index (κ3) is 4.98. The highest BCUT2D eigenvalue weighted by Gasteiger charge is 2.46. The Labute approximate surface area is 290 Å². The number of halogens is 2. The molecule has 9 rings (SSSR count). The van der Waals surface area contributed by atoms with Gasteiger partial charge < -0.3 is 4.90 Å². The number of fused-ring (bicyclic) bond motifs is 5. The van der Waals surface area contributed by atoms with Gasteiger partial charge in [0, 0.05) is 33.8 Å². The molecule has 0 amide bonds. The zero-order valence-corrected chi connectivity index (χ0v) is 27.1. The molecule has 0 atom stereocenters. The Morgan fingerprint density at radius 1 is 0.380 bits per heavy atom. The van der Waals surface area contributed by atoms with Crippen molar-refractivity contribution >= 4 is 27.8 Å². The lowest BCUT2D eigenvalue weighted by Crippen LogP contribution is -2.11. The second-order valence-corrected chi connectivity index (χ2v) is 12.7. The first-order valence-electron chi connectivity index (χ1n) is 16.8. The molecule has 0 N–H and O–H groups in total. The first-order valence-corrected chi connectivity index (χ1v) is 16.8. The first kappa shape index (κ1) is 29.8. The summed E-state index contributed by atoms with van der Waals surface area (Å²) >= 11 is 0. The average molecular weight is 648 g/mol. The highest BCUT2D eigenvalue weighted by Crippen LogP contribution is 2.56. The summed E-state index contributed by atoms with van der Waals surface area (Å²) in [7, 11) is 0. The fourth-order valence-electron chi connectivity index (χ4n) is 7.40. The van der Waals surface area contributed by atoms with Gasteiger partial charge in [0.25, 0.3) is 5.92 Å². The van der Waals surface area contributed by atoms with Gasteiger partial charge in [-0.15, -0.1) is 0 Å². The number of rotatable bonds is 6. The summed E-state index contributed by atoms with van der Waals surface area (Å²) < 4.78 is 32.3. The molecule has 0 aliphatic heterocycles. The van der Waals surface area contributed by atoms with Crippen LogP contribution in [0.2, 0.25) is 0 Å². The van der Waals surface area contributed by atoms with Crippen LogP contribution in [0.4, 0.5) is 25.8 Å². The number of nitrogens with zero attached hydrogens (tertiary/aromatic N) is 1. The van der Waals surface area contributed by atoms with Gasteiger partial charge in [-0.05, 0) is 92.2 Å². The van der Waals surface area contributed by atoms with E-state index in [1.807, 2.05) is 48.5 Å². The van der Waals surface area contributed by atoms with Crippen molar-refractivity contribution in [3.05, 3.63) is 199 Å². The monoisotopic (exact) mass is 647 g/mol. The van der Waals surface area contributed by atoms with Gasteiger partial charge in [0.2, 0.25) is 0 Å². The van der Waals surface area contributed by atoms with Crippen molar-refractivity contribution in [1.82, 2.24) is 0 Å². The van der Waals surface area contributed by atoms with E-state index in [0.29, 0.717) is 16.5 Å². The Hall–Kier alpha value is -6.32. The van der Waals surface area contributed by atoms with Crippen LogP contribution in [0.25, 0.3) is 55.3 Å². The van der Waals surface area contributed by atoms with Gasteiger partial charge in [-0.3, -0.25) is 0 Å². The second-order valence-electron chi connectivity index (χ2n) is 12.7. The van der Waals surface area contributed by atoms with Crippen molar-refractivity contribution in [2.75, 3.05) is 4.90 Å². The Morgan fingerprint density at radius 2 is 0.820 bits per heavy atom. The number of benzene rings is 8. The van der Waals surface area contributed by atoms with Crippen LogP contribution in [0, 0.1) is 0 Å². The Balaban J connectivity index is 1.16. The third-order valence-electron chi connectivity index (χ3n) is 9.80. The van der Waals surface area contributed by atoms with Crippen LogP contribution in [-0.4, -0.2) is 0 Å². The smallest absolute Gasteiger partial charge is 0.300 e. The Kier molecular flexibility index (Phi) is 7.14. The summed E-state index contributed by atoms with van der Waals surface area (Å²) in [6, 6.07) is 62.7. The fourth-order valence-corrected chi connectivity index (χ4v) is 7.40. The largest absolute Gasteiger partial charge is 0.311 e. The van der Waals surface area contributed by atoms with Crippen LogP contribution in [0.15, 0.2) is 188 Å². The molecule has 0 aromatic heterocycles. The van der Waals surface area contributed by atoms with E-state index in [9.17, 15) is 0 Å². The quantitative estimate of drug-likeness (QED) is 0.174. The molecule has 0 bridgehead atoms. The topological polar surface area (TPSA) is 3.24 Å². The maximum Gasteiger partial charge on any atom is 0.300 e. The van der Waals surface area contributed by atoms with E-state index in [4.69, 9.17) is 0 Å². The lowest BCUT2D eigenvalue weighted by atomic mass is 9.89. The maximum absolute atomic E-state index is 16.2. The van der Waals surface area contributed by atoms with E-state index in [2.05, 4.69) is 132 Å². The number of hydrogen-bond acceptors (Lipinski definition) is 1. The zero-order chi connectivity index (χ0) is 33.7. The molecule has 0 saturated heterocycles. The fraction of sp³-hybridized carbons (Fsp3) is 0.0213. The van der Waals surface area contributed by atoms with Crippen molar-refractivity contribution < 1.29 is 8.78 Å². The van der Waals surface area contributed by atoms with Gasteiger partial charge in [-0.1, -0.05) is 146 Å². The SMILES string of the molecule is FC1(F)c2ccccc2-c2c(-c3ccc(N(c4ccc(-c5ccccc5)cc4)c4ccc(-c5ccccc5)cc4)cc3)cc3ccccc3c21. The van der Waals surface area contributed by atoms with Crippen LogP contribution in [0.5, 0.6) is 0 Å². The van der Waals surface area contributed by atoms with E-state index >= 15 is 8.78 Å². The molecule has 0 radical (unpaired) electrons. The van der Waals surface area contributed by atoms with Crippen LogP contribution in [-0.2, 0) is 5.92 Å². The van der Waals surface area contributed by atoms with E-state index in [1.54, 1.807) is 12.1 Å². The van der Waals surface area contributed by atoms with Gasteiger partial charge in [0.15, 0.2) is 0 Å². The molecule has 1 aliphatic rings. The molecule has 238 valence electrons. The number of alkyl halides is 2. The molecule has 0 spiro atoms. The first-order chi connectivity index (χ1) is 24.6. The van der Waals surface area contributed by atoms with E-state index in [-0.39, 0.29) is 11.1 Å². The summed E-state index contributed by atoms with van der Waals surface area (Å²) in [6.45, 7) is 0. The predicted molar refractivity (Wildman–Crippen MR) is 203 cm³/mol. The summed E-state index contributed by atoms with van der Waals surface area (Å²) in [5, 5.41) is 1.39. The molecule has 0 unspecified atom stereocenters. The molecule has 8 aromatic rings. The van der Waals surface area contributed by atoms with Gasteiger partial charge in [0.1, 0.15) is 0 Å². The van der Waals surface area contributed by atoms with Crippen molar-refractivity contribution in [1.29, 1.82) is 0 Å². The van der Waals surface area contributed by atoms with Crippen LogP contribution in [0.3, 0.4) is 0 Å². The van der Waals surface area contributed by atoms with Gasteiger partial charge in [0.05, 0.1) is 0 Å². The summed E-state index contributed by atoms with van der Waals surface area (Å²) in [5.74, 6) is -3.09. The standard InChI is InChI=1S/C47H31F2N/c48-47(49)44-18-10-9-17-42(44)45-43(31-37-15-7-8-16-41(37)46(45)47)36-23-29-40(30-24-36)50(38-25-19-34(20-26-38)32-11-3-1-4-12-32)39-27-21-35(22-28-39)33-13-5-2-6-14-33/h1-31H. The minimum absolute atomic E-state index is 0.0632. The van der Waals surface area contributed by atoms with Crippen LogP contribution >= 0.6 is 0 Å². The van der Waals surface area contributed by atoms with Crippen molar-refractivity contribution in [2.24, 2.45) is 0 Å².